The highest BCUT2D eigenvalue weighted by molar-refractivity contribution is 6.33. The van der Waals surface area contributed by atoms with Crippen molar-refractivity contribution < 1.29 is 0 Å². The normalized spacial score (nSPS) is 11.6. The van der Waals surface area contributed by atoms with Crippen LogP contribution in [0, 0.1) is 0 Å². The Bertz CT molecular complexity index is 1900. The Morgan fingerprint density at radius 2 is 1.26 bits per heavy atom. The highest BCUT2D eigenvalue weighted by Crippen LogP contribution is 2.38. The predicted molar refractivity (Wildman–Crippen MR) is 151 cm³/mol. The average molecular weight is 469 g/mol. The third-order valence-electron chi connectivity index (χ3n) is 6.80. The van der Waals surface area contributed by atoms with Gasteiger partial charge in [-0.3, -0.25) is 0 Å². The molecule has 0 aliphatic carbocycles. The molecule has 1 N–H and O–H groups in total. The van der Waals surface area contributed by atoms with Crippen LogP contribution in [0.15, 0.2) is 121 Å². The van der Waals surface area contributed by atoms with Crippen molar-refractivity contribution in [2.24, 2.45) is 0 Å². The highest BCUT2D eigenvalue weighted by atomic mass is 35.5. The van der Waals surface area contributed by atoms with Crippen LogP contribution in [-0.4, -0.2) is 4.57 Å². The van der Waals surface area contributed by atoms with Gasteiger partial charge in [0.15, 0.2) is 0 Å². The first-order valence-corrected chi connectivity index (χ1v) is 12.1. The number of para-hydroxylation sites is 1. The number of benzene rings is 6. The molecule has 1 heterocycles. The SMILES string of the molecule is Clc1ccccc1Nc1ccc2c3ccc4ccccc4c3n(-c3ccc4ccccc4c3)c2c1. The molecule has 2 nitrogen and oxygen atoms in total. The number of hydrogen-bond donors (Lipinski definition) is 1. The molecule has 0 atom stereocenters. The first-order valence-electron chi connectivity index (χ1n) is 11.7. The lowest BCUT2D eigenvalue weighted by Gasteiger charge is -2.12. The van der Waals surface area contributed by atoms with Crippen LogP contribution >= 0.6 is 11.6 Å². The van der Waals surface area contributed by atoms with Gasteiger partial charge in [-0.05, 0) is 52.6 Å². The lowest BCUT2D eigenvalue weighted by Crippen LogP contribution is -1.96. The molecule has 6 aromatic carbocycles. The minimum Gasteiger partial charge on any atom is -0.354 e. The summed E-state index contributed by atoms with van der Waals surface area (Å²) < 4.78 is 2.40. The van der Waals surface area contributed by atoms with E-state index >= 15 is 0 Å². The molecule has 0 aliphatic heterocycles. The van der Waals surface area contributed by atoms with Crippen molar-refractivity contribution in [1.82, 2.24) is 4.57 Å². The van der Waals surface area contributed by atoms with Crippen LogP contribution in [0.5, 0.6) is 0 Å². The molecule has 3 heteroatoms. The molecule has 7 aromatic rings. The van der Waals surface area contributed by atoms with Crippen molar-refractivity contribution in [3.63, 3.8) is 0 Å². The molecule has 7 rings (SSSR count). The van der Waals surface area contributed by atoms with Crippen molar-refractivity contribution in [1.29, 1.82) is 0 Å². The van der Waals surface area contributed by atoms with Gasteiger partial charge >= 0.3 is 0 Å². The van der Waals surface area contributed by atoms with Crippen molar-refractivity contribution in [2.75, 3.05) is 5.32 Å². The second-order valence-electron chi connectivity index (χ2n) is 8.89. The fraction of sp³-hybridized carbons (Fsp3) is 0. The molecule has 0 saturated heterocycles. The van der Waals surface area contributed by atoms with E-state index in [1.165, 1.54) is 37.8 Å². The van der Waals surface area contributed by atoms with Crippen molar-refractivity contribution in [3.8, 4) is 5.69 Å². The van der Waals surface area contributed by atoms with Gasteiger partial charge < -0.3 is 9.88 Å². The van der Waals surface area contributed by atoms with Gasteiger partial charge in [0.2, 0.25) is 0 Å². The molecule has 0 fully saturated rings. The van der Waals surface area contributed by atoms with Gasteiger partial charge in [-0.2, -0.15) is 0 Å². The molecular formula is C32H21ClN2. The van der Waals surface area contributed by atoms with Gasteiger partial charge in [0.05, 0.1) is 21.7 Å². The van der Waals surface area contributed by atoms with Crippen LogP contribution in [0.3, 0.4) is 0 Å². The minimum atomic E-state index is 0.702. The Morgan fingerprint density at radius 1 is 0.543 bits per heavy atom. The van der Waals surface area contributed by atoms with Crippen LogP contribution in [0.25, 0.3) is 49.0 Å². The fourth-order valence-electron chi connectivity index (χ4n) is 5.16. The van der Waals surface area contributed by atoms with E-state index in [0.717, 1.165) is 22.6 Å². The standard InChI is InChI=1S/C32H21ClN2/c33-29-11-5-6-12-30(29)34-24-15-18-27-28-17-14-22-8-3-4-10-26(22)32(28)35(31(27)20-24)25-16-13-21-7-1-2-9-23(21)19-25/h1-20,34H. The van der Waals surface area contributed by atoms with Gasteiger partial charge in [-0.25, -0.2) is 0 Å². The van der Waals surface area contributed by atoms with Gasteiger partial charge in [-0.1, -0.05) is 96.5 Å². The number of fused-ring (bicyclic) bond motifs is 6. The monoisotopic (exact) mass is 468 g/mol. The molecular weight excluding hydrogens is 448 g/mol. The number of halogens is 1. The maximum Gasteiger partial charge on any atom is 0.0640 e. The number of anilines is 2. The number of hydrogen-bond acceptors (Lipinski definition) is 1. The molecule has 35 heavy (non-hydrogen) atoms. The summed E-state index contributed by atoms with van der Waals surface area (Å²) in [7, 11) is 0. The van der Waals surface area contributed by atoms with E-state index in [-0.39, 0.29) is 0 Å². The second kappa shape index (κ2) is 7.90. The van der Waals surface area contributed by atoms with E-state index in [9.17, 15) is 0 Å². The molecule has 0 bridgehead atoms. The number of nitrogens with zero attached hydrogens (tertiary/aromatic N) is 1. The topological polar surface area (TPSA) is 17.0 Å². The Labute approximate surface area is 208 Å². The Hall–Kier alpha value is -4.27. The third-order valence-corrected chi connectivity index (χ3v) is 7.13. The number of rotatable bonds is 3. The predicted octanol–water partition coefficient (Wildman–Crippen LogP) is 9.49. The summed E-state index contributed by atoms with van der Waals surface area (Å²) in [5, 5.41) is 11.6. The molecule has 0 unspecified atom stereocenters. The quantitative estimate of drug-likeness (QED) is 0.273. The van der Waals surface area contributed by atoms with E-state index < -0.39 is 0 Å². The zero-order chi connectivity index (χ0) is 23.4. The lowest BCUT2D eigenvalue weighted by molar-refractivity contribution is 1.19. The van der Waals surface area contributed by atoms with E-state index in [4.69, 9.17) is 11.6 Å². The highest BCUT2D eigenvalue weighted by Gasteiger charge is 2.16. The lowest BCUT2D eigenvalue weighted by atomic mass is 10.1. The summed E-state index contributed by atoms with van der Waals surface area (Å²) >= 11 is 6.44. The van der Waals surface area contributed by atoms with Crippen LogP contribution < -0.4 is 5.32 Å². The Balaban J connectivity index is 1.56. The zero-order valence-electron chi connectivity index (χ0n) is 18.9. The Morgan fingerprint density at radius 3 is 2.14 bits per heavy atom. The van der Waals surface area contributed by atoms with Gasteiger partial charge in [-0.15, -0.1) is 0 Å². The summed E-state index contributed by atoms with van der Waals surface area (Å²) in [6, 6.07) is 42.7. The van der Waals surface area contributed by atoms with E-state index in [0.29, 0.717) is 5.02 Å². The molecule has 1 aromatic heterocycles. The van der Waals surface area contributed by atoms with Crippen molar-refractivity contribution in [2.45, 2.75) is 0 Å². The molecule has 0 amide bonds. The average Bonchev–Trinajstić information content (AvgIpc) is 3.24. The smallest absolute Gasteiger partial charge is 0.0640 e. The van der Waals surface area contributed by atoms with Crippen molar-refractivity contribution in [3.05, 3.63) is 126 Å². The molecule has 166 valence electrons. The summed E-state index contributed by atoms with van der Waals surface area (Å²) in [5.74, 6) is 0. The molecule has 0 saturated carbocycles. The zero-order valence-corrected chi connectivity index (χ0v) is 19.6. The summed E-state index contributed by atoms with van der Waals surface area (Å²) in [5.41, 5.74) is 5.42. The largest absolute Gasteiger partial charge is 0.354 e. The van der Waals surface area contributed by atoms with Crippen LogP contribution in [0.2, 0.25) is 5.02 Å². The minimum absolute atomic E-state index is 0.702. The van der Waals surface area contributed by atoms with Crippen molar-refractivity contribution >= 4 is 66.3 Å². The number of nitrogens with one attached hydrogen (secondary N) is 1. The third kappa shape index (κ3) is 3.26. The molecule has 0 spiro atoms. The van der Waals surface area contributed by atoms with Crippen LogP contribution in [0.4, 0.5) is 11.4 Å². The molecule has 0 radical (unpaired) electrons. The maximum atomic E-state index is 6.44. The summed E-state index contributed by atoms with van der Waals surface area (Å²) in [6.07, 6.45) is 0. The first-order chi connectivity index (χ1) is 17.3. The fourth-order valence-corrected chi connectivity index (χ4v) is 5.34. The van der Waals surface area contributed by atoms with Gasteiger partial charge in [0, 0.05) is 27.5 Å². The van der Waals surface area contributed by atoms with E-state index in [1.54, 1.807) is 0 Å². The van der Waals surface area contributed by atoms with E-state index in [1.807, 2.05) is 24.3 Å². The van der Waals surface area contributed by atoms with Gasteiger partial charge in [0.25, 0.3) is 0 Å². The number of aromatic nitrogens is 1. The second-order valence-corrected chi connectivity index (χ2v) is 9.29. The van der Waals surface area contributed by atoms with Gasteiger partial charge in [0.1, 0.15) is 0 Å². The first kappa shape index (κ1) is 20.1. The summed E-state index contributed by atoms with van der Waals surface area (Å²) in [6.45, 7) is 0. The maximum absolute atomic E-state index is 6.44. The summed E-state index contributed by atoms with van der Waals surface area (Å²) in [4.78, 5) is 0. The molecule has 0 aliphatic rings. The van der Waals surface area contributed by atoms with Crippen LogP contribution in [-0.2, 0) is 0 Å². The van der Waals surface area contributed by atoms with Crippen LogP contribution in [0.1, 0.15) is 0 Å². The van der Waals surface area contributed by atoms with E-state index in [2.05, 4.69) is 107 Å². The Kier molecular flexibility index (Phi) is 4.54.